The Kier molecular flexibility index (Phi) is 5.23. The molecule has 2 heterocycles. The van der Waals surface area contributed by atoms with E-state index in [0.717, 1.165) is 38.7 Å². The highest BCUT2D eigenvalue weighted by Gasteiger charge is 2.41. The predicted octanol–water partition coefficient (Wildman–Crippen LogP) is 1.32. The highest BCUT2D eigenvalue weighted by molar-refractivity contribution is 5.88. The Labute approximate surface area is 140 Å². The van der Waals surface area contributed by atoms with Crippen molar-refractivity contribution >= 4 is 11.9 Å². The lowest BCUT2D eigenvalue weighted by atomic mass is 9.90. The minimum atomic E-state index is -0.207. The second-order valence-electron chi connectivity index (χ2n) is 8.04. The zero-order chi connectivity index (χ0) is 17.3. The third kappa shape index (κ3) is 3.97. The number of amides is 1. The molecule has 0 aromatic heterocycles. The standard InChI is InChI=1S/C17H32N4O2/c1-13(2)21-14(22)9-20(11-16(21,3)4)15(18-6)19-10-17(5)7-8-23-12-17/h13H,7-12H2,1-6H3,(H,18,19). The van der Waals surface area contributed by atoms with Gasteiger partial charge in [0.1, 0.15) is 0 Å². The van der Waals surface area contributed by atoms with Gasteiger partial charge in [0.25, 0.3) is 0 Å². The number of rotatable bonds is 3. The number of aliphatic imine (C=N–C) groups is 1. The molecular weight excluding hydrogens is 292 g/mol. The molecule has 0 radical (unpaired) electrons. The second kappa shape index (κ2) is 6.67. The van der Waals surface area contributed by atoms with Crippen LogP contribution in [0.4, 0.5) is 0 Å². The molecule has 6 nitrogen and oxygen atoms in total. The van der Waals surface area contributed by atoms with E-state index in [2.05, 4.69) is 49.8 Å². The van der Waals surface area contributed by atoms with E-state index in [4.69, 9.17) is 4.74 Å². The maximum Gasteiger partial charge on any atom is 0.242 e. The van der Waals surface area contributed by atoms with E-state index in [9.17, 15) is 4.79 Å². The Bertz CT molecular complexity index is 467. The summed E-state index contributed by atoms with van der Waals surface area (Å²) in [5.74, 6) is 0.970. The van der Waals surface area contributed by atoms with Crippen molar-refractivity contribution in [3.8, 4) is 0 Å². The van der Waals surface area contributed by atoms with Gasteiger partial charge in [-0.25, -0.2) is 0 Å². The summed E-state index contributed by atoms with van der Waals surface area (Å²) in [7, 11) is 1.78. The Morgan fingerprint density at radius 3 is 2.57 bits per heavy atom. The van der Waals surface area contributed by atoms with Crippen LogP contribution in [0.5, 0.6) is 0 Å². The fourth-order valence-corrected chi connectivity index (χ4v) is 3.79. The number of carbonyl (C=O) groups is 1. The number of nitrogens with one attached hydrogen (secondary N) is 1. The first-order valence-corrected chi connectivity index (χ1v) is 8.54. The zero-order valence-corrected chi connectivity index (χ0v) is 15.5. The number of hydrogen-bond acceptors (Lipinski definition) is 3. The molecule has 2 fully saturated rings. The van der Waals surface area contributed by atoms with Crippen LogP contribution < -0.4 is 5.32 Å². The summed E-state index contributed by atoms with van der Waals surface area (Å²) in [6, 6.07) is 0.212. The third-order valence-corrected chi connectivity index (χ3v) is 4.83. The van der Waals surface area contributed by atoms with Crippen molar-refractivity contribution in [2.45, 2.75) is 52.6 Å². The maximum atomic E-state index is 12.6. The first-order valence-electron chi connectivity index (χ1n) is 8.54. The number of ether oxygens (including phenoxy) is 1. The van der Waals surface area contributed by atoms with Gasteiger partial charge in [0.15, 0.2) is 5.96 Å². The number of carbonyl (C=O) groups excluding carboxylic acids is 1. The van der Waals surface area contributed by atoms with Crippen LogP contribution in [0.15, 0.2) is 4.99 Å². The molecule has 0 spiro atoms. The van der Waals surface area contributed by atoms with Crippen LogP contribution in [-0.2, 0) is 9.53 Å². The molecule has 0 aromatic carbocycles. The SMILES string of the molecule is CN=C(NCC1(C)CCOC1)N1CC(=O)N(C(C)C)C(C)(C)C1. The molecule has 0 aromatic rings. The van der Waals surface area contributed by atoms with E-state index in [-0.39, 0.29) is 22.9 Å². The summed E-state index contributed by atoms with van der Waals surface area (Å²) >= 11 is 0. The number of piperazine rings is 1. The maximum absolute atomic E-state index is 12.6. The number of guanidine groups is 1. The lowest BCUT2D eigenvalue weighted by Crippen LogP contribution is -2.66. The molecule has 1 amide bonds. The van der Waals surface area contributed by atoms with Gasteiger partial charge < -0.3 is 19.9 Å². The van der Waals surface area contributed by atoms with Gasteiger partial charge in [0.2, 0.25) is 5.91 Å². The monoisotopic (exact) mass is 324 g/mol. The normalized spacial score (nSPS) is 28.7. The van der Waals surface area contributed by atoms with Crippen LogP contribution in [-0.4, -0.2) is 73.1 Å². The second-order valence-corrected chi connectivity index (χ2v) is 8.04. The lowest BCUT2D eigenvalue weighted by Gasteiger charge is -2.49. The summed E-state index contributed by atoms with van der Waals surface area (Å²) in [5.41, 5.74) is -0.0588. The molecule has 2 saturated heterocycles. The summed E-state index contributed by atoms with van der Waals surface area (Å²) in [4.78, 5) is 21.0. The molecule has 6 heteroatoms. The van der Waals surface area contributed by atoms with E-state index >= 15 is 0 Å². The van der Waals surface area contributed by atoms with Gasteiger partial charge in [-0.15, -0.1) is 0 Å². The van der Waals surface area contributed by atoms with Crippen molar-refractivity contribution < 1.29 is 9.53 Å². The van der Waals surface area contributed by atoms with Crippen LogP contribution in [0.25, 0.3) is 0 Å². The number of nitrogens with zero attached hydrogens (tertiary/aromatic N) is 3. The van der Waals surface area contributed by atoms with E-state index < -0.39 is 0 Å². The van der Waals surface area contributed by atoms with Crippen LogP contribution in [0.3, 0.4) is 0 Å². The fourth-order valence-electron chi connectivity index (χ4n) is 3.79. The summed E-state index contributed by atoms with van der Waals surface area (Å²) in [5, 5.41) is 3.45. The first kappa shape index (κ1) is 18.0. The van der Waals surface area contributed by atoms with Crippen LogP contribution in [0.1, 0.15) is 41.0 Å². The Balaban J connectivity index is 2.03. The fraction of sp³-hybridized carbons (Fsp3) is 0.882. The predicted molar refractivity (Wildman–Crippen MR) is 92.5 cm³/mol. The molecule has 2 aliphatic heterocycles. The van der Waals surface area contributed by atoms with Gasteiger partial charge in [0, 0.05) is 38.2 Å². The van der Waals surface area contributed by atoms with Crippen molar-refractivity contribution in [3.05, 3.63) is 0 Å². The molecule has 1 unspecified atom stereocenters. The lowest BCUT2D eigenvalue weighted by molar-refractivity contribution is -0.145. The van der Waals surface area contributed by atoms with Crippen molar-refractivity contribution in [3.63, 3.8) is 0 Å². The highest BCUT2D eigenvalue weighted by atomic mass is 16.5. The van der Waals surface area contributed by atoms with Crippen LogP contribution in [0, 0.1) is 5.41 Å². The van der Waals surface area contributed by atoms with Crippen molar-refractivity contribution in [2.75, 3.05) is 39.9 Å². The summed E-state index contributed by atoms with van der Waals surface area (Å²) in [6.07, 6.45) is 1.06. The molecule has 0 saturated carbocycles. The molecule has 1 N–H and O–H groups in total. The molecule has 1 atom stereocenters. The van der Waals surface area contributed by atoms with Crippen molar-refractivity contribution in [2.24, 2.45) is 10.4 Å². The van der Waals surface area contributed by atoms with Crippen molar-refractivity contribution in [1.82, 2.24) is 15.1 Å². The van der Waals surface area contributed by atoms with Gasteiger partial charge in [-0.3, -0.25) is 9.79 Å². The van der Waals surface area contributed by atoms with E-state index in [1.165, 1.54) is 0 Å². The number of hydrogen-bond donors (Lipinski definition) is 1. The zero-order valence-electron chi connectivity index (χ0n) is 15.5. The summed E-state index contributed by atoms with van der Waals surface area (Å²) in [6.45, 7) is 14.2. The average molecular weight is 324 g/mol. The Hall–Kier alpha value is -1.30. The van der Waals surface area contributed by atoms with Gasteiger partial charge in [-0.2, -0.15) is 0 Å². The van der Waals surface area contributed by atoms with E-state index in [1.807, 2.05) is 4.90 Å². The minimum absolute atomic E-state index is 0.148. The molecule has 132 valence electrons. The van der Waals surface area contributed by atoms with Gasteiger partial charge in [-0.1, -0.05) is 6.92 Å². The quantitative estimate of drug-likeness (QED) is 0.628. The van der Waals surface area contributed by atoms with Crippen LogP contribution in [0.2, 0.25) is 0 Å². The first-order chi connectivity index (χ1) is 10.7. The molecular formula is C17H32N4O2. The van der Waals surface area contributed by atoms with Gasteiger partial charge in [0.05, 0.1) is 18.7 Å². The minimum Gasteiger partial charge on any atom is -0.381 e. The molecule has 0 aliphatic carbocycles. The third-order valence-electron chi connectivity index (χ3n) is 4.83. The molecule has 2 rings (SSSR count). The molecule has 23 heavy (non-hydrogen) atoms. The van der Waals surface area contributed by atoms with E-state index in [1.54, 1.807) is 7.05 Å². The molecule has 2 aliphatic rings. The highest BCUT2D eigenvalue weighted by Crippen LogP contribution is 2.27. The van der Waals surface area contributed by atoms with Crippen molar-refractivity contribution in [1.29, 1.82) is 0 Å². The van der Waals surface area contributed by atoms with Gasteiger partial charge >= 0.3 is 0 Å². The van der Waals surface area contributed by atoms with E-state index in [0.29, 0.717) is 6.54 Å². The smallest absolute Gasteiger partial charge is 0.242 e. The molecule has 0 bridgehead atoms. The topological polar surface area (TPSA) is 57.2 Å². The van der Waals surface area contributed by atoms with Crippen LogP contribution >= 0.6 is 0 Å². The summed E-state index contributed by atoms with van der Waals surface area (Å²) < 4.78 is 5.51. The average Bonchev–Trinajstić information content (AvgIpc) is 2.84. The Morgan fingerprint density at radius 2 is 2.09 bits per heavy atom. The Morgan fingerprint density at radius 1 is 1.39 bits per heavy atom. The largest absolute Gasteiger partial charge is 0.381 e. The van der Waals surface area contributed by atoms with Gasteiger partial charge in [-0.05, 0) is 34.1 Å².